The molecule has 3 nitrogen and oxygen atoms in total. The molecule has 0 aliphatic carbocycles. The highest BCUT2D eigenvalue weighted by molar-refractivity contribution is 7.80. The van der Waals surface area contributed by atoms with Crippen molar-refractivity contribution in [1.29, 1.82) is 0 Å². The van der Waals surface area contributed by atoms with Gasteiger partial charge in [0.15, 0.2) is 0 Å². The van der Waals surface area contributed by atoms with Crippen molar-refractivity contribution in [3.05, 3.63) is 34.9 Å². The van der Waals surface area contributed by atoms with E-state index in [-0.39, 0.29) is 0 Å². The van der Waals surface area contributed by atoms with Gasteiger partial charge in [0.1, 0.15) is 4.99 Å². The fourth-order valence-electron chi connectivity index (χ4n) is 3.47. The molecule has 2 N–H and O–H groups in total. The molecule has 0 saturated carbocycles. The second-order valence-electron chi connectivity index (χ2n) is 6.07. The van der Waals surface area contributed by atoms with Gasteiger partial charge in [-0.1, -0.05) is 24.4 Å². The number of nitrogens with two attached hydrogens (primary N) is 1. The number of hydrogen-bond donors (Lipinski definition) is 1. The highest BCUT2D eigenvalue weighted by atomic mass is 32.1. The Morgan fingerprint density at radius 2 is 2.20 bits per heavy atom. The molecule has 2 aliphatic rings. The van der Waals surface area contributed by atoms with Crippen LogP contribution in [0.25, 0.3) is 0 Å². The second kappa shape index (κ2) is 5.80. The van der Waals surface area contributed by atoms with E-state index in [1.54, 1.807) is 0 Å². The largest absolute Gasteiger partial charge is 0.389 e. The topological polar surface area (TPSA) is 32.5 Å². The summed E-state index contributed by atoms with van der Waals surface area (Å²) in [5.41, 5.74) is 9.36. The molecule has 0 amide bonds. The third-order valence-corrected chi connectivity index (χ3v) is 4.93. The summed E-state index contributed by atoms with van der Waals surface area (Å²) >= 11 is 5.04. The molecule has 3 rings (SSSR count). The van der Waals surface area contributed by atoms with E-state index in [4.69, 9.17) is 18.0 Å². The SMILES string of the molecule is Cc1cc(C(N)=S)ccc1CN1CCN2CCCC2C1. The molecule has 0 radical (unpaired) electrons. The Labute approximate surface area is 126 Å². The van der Waals surface area contributed by atoms with Crippen LogP contribution >= 0.6 is 12.2 Å². The van der Waals surface area contributed by atoms with Gasteiger partial charge in [-0.25, -0.2) is 0 Å². The first-order chi connectivity index (χ1) is 9.63. The third-order valence-electron chi connectivity index (χ3n) is 4.69. The Balaban J connectivity index is 1.67. The molecule has 4 heteroatoms. The van der Waals surface area contributed by atoms with E-state index in [1.807, 2.05) is 0 Å². The number of benzene rings is 1. The monoisotopic (exact) mass is 289 g/mol. The third kappa shape index (κ3) is 2.87. The van der Waals surface area contributed by atoms with E-state index < -0.39 is 0 Å². The van der Waals surface area contributed by atoms with Gasteiger partial charge in [0.2, 0.25) is 0 Å². The van der Waals surface area contributed by atoms with Gasteiger partial charge in [0.25, 0.3) is 0 Å². The van der Waals surface area contributed by atoms with Crippen molar-refractivity contribution in [2.24, 2.45) is 5.73 Å². The number of rotatable bonds is 3. The van der Waals surface area contributed by atoms with E-state index >= 15 is 0 Å². The minimum atomic E-state index is 0.485. The molecule has 1 atom stereocenters. The number of thiocarbonyl (C=S) groups is 1. The Bertz CT molecular complexity index is 514. The Kier molecular flexibility index (Phi) is 4.06. The number of piperazine rings is 1. The minimum Gasteiger partial charge on any atom is -0.389 e. The summed E-state index contributed by atoms with van der Waals surface area (Å²) in [5.74, 6) is 0. The standard InChI is InChI=1S/C16H23N3S/c1-12-9-13(16(17)20)4-5-14(12)10-18-7-8-19-6-2-3-15(19)11-18/h4-5,9,15H,2-3,6-8,10-11H2,1H3,(H2,17,20). The van der Waals surface area contributed by atoms with E-state index in [0.29, 0.717) is 4.99 Å². The number of aryl methyl sites for hydroxylation is 1. The summed E-state index contributed by atoms with van der Waals surface area (Å²) in [6.45, 7) is 8.15. The molecule has 2 heterocycles. The van der Waals surface area contributed by atoms with Crippen LogP contribution < -0.4 is 5.73 Å². The maximum atomic E-state index is 5.69. The van der Waals surface area contributed by atoms with Gasteiger partial charge in [0, 0.05) is 37.8 Å². The lowest BCUT2D eigenvalue weighted by molar-refractivity contribution is 0.0992. The first-order valence-corrected chi connectivity index (χ1v) is 7.90. The quantitative estimate of drug-likeness (QED) is 0.862. The van der Waals surface area contributed by atoms with Gasteiger partial charge in [-0.15, -0.1) is 0 Å². The van der Waals surface area contributed by atoms with Crippen molar-refractivity contribution in [1.82, 2.24) is 9.80 Å². The molecule has 1 aromatic carbocycles. The van der Waals surface area contributed by atoms with Gasteiger partial charge in [-0.3, -0.25) is 9.80 Å². The van der Waals surface area contributed by atoms with Crippen LogP contribution in [0.2, 0.25) is 0 Å². The highest BCUT2D eigenvalue weighted by Gasteiger charge is 2.30. The lowest BCUT2D eigenvalue weighted by Crippen LogP contribution is -2.49. The van der Waals surface area contributed by atoms with E-state index in [0.717, 1.165) is 18.2 Å². The van der Waals surface area contributed by atoms with Gasteiger partial charge >= 0.3 is 0 Å². The summed E-state index contributed by atoms with van der Waals surface area (Å²) in [6.07, 6.45) is 2.75. The van der Waals surface area contributed by atoms with Crippen LogP contribution in [-0.4, -0.2) is 47.0 Å². The smallest absolute Gasteiger partial charge is 0.103 e. The first kappa shape index (κ1) is 14.0. The van der Waals surface area contributed by atoms with Crippen LogP contribution in [0.1, 0.15) is 29.5 Å². The maximum Gasteiger partial charge on any atom is 0.103 e. The molecule has 0 aromatic heterocycles. The van der Waals surface area contributed by atoms with Crippen molar-refractivity contribution in [2.75, 3.05) is 26.2 Å². The molecular formula is C16H23N3S. The maximum absolute atomic E-state index is 5.69. The first-order valence-electron chi connectivity index (χ1n) is 7.49. The van der Waals surface area contributed by atoms with Crippen molar-refractivity contribution in [3.8, 4) is 0 Å². The zero-order valence-electron chi connectivity index (χ0n) is 12.1. The predicted octanol–water partition coefficient (Wildman–Crippen LogP) is 1.91. The summed E-state index contributed by atoms with van der Waals surface area (Å²) in [6, 6.07) is 7.14. The van der Waals surface area contributed by atoms with Crippen LogP contribution in [0.15, 0.2) is 18.2 Å². The van der Waals surface area contributed by atoms with Crippen LogP contribution in [0.3, 0.4) is 0 Å². The average Bonchev–Trinajstić information content (AvgIpc) is 2.88. The van der Waals surface area contributed by atoms with Gasteiger partial charge < -0.3 is 5.73 Å². The lowest BCUT2D eigenvalue weighted by atomic mass is 10.0. The average molecular weight is 289 g/mol. The van der Waals surface area contributed by atoms with Crippen LogP contribution in [0.5, 0.6) is 0 Å². The Hall–Kier alpha value is -0.970. The van der Waals surface area contributed by atoms with Crippen molar-refractivity contribution in [3.63, 3.8) is 0 Å². The predicted molar refractivity (Wildman–Crippen MR) is 86.9 cm³/mol. The zero-order chi connectivity index (χ0) is 14.1. The van der Waals surface area contributed by atoms with Crippen molar-refractivity contribution in [2.45, 2.75) is 32.4 Å². The van der Waals surface area contributed by atoms with Gasteiger partial charge in [-0.2, -0.15) is 0 Å². The fraction of sp³-hybridized carbons (Fsp3) is 0.562. The molecular weight excluding hydrogens is 266 g/mol. The molecule has 0 bridgehead atoms. The number of fused-ring (bicyclic) bond motifs is 1. The van der Waals surface area contributed by atoms with Crippen LogP contribution in [0, 0.1) is 6.92 Å². The zero-order valence-corrected chi connectivity index (χ0v) is 13.0. The minimum absolute atomic E-state index is 0.485. The van der Waals surface area contributed by atoms with Crippen LogP contribution in [0.4, 0.5) is 0 Å². The molecule has 2 fully saturated rings. The van der Waals surface area contributed by atoms with E-state index in [1.165, 1.54) is 50.1 Å². The van der Waals surface area contributed by atoms with E-state index in [2.05, 4.69) is 34.9 Å². The van der Waals surface area contributed by atoms with Crippen molar-refractivity contribution < 1.29 is 0 Å². The molecule has 2 saturated heterocycles. The van der Waals surface area contributed by atoms with E-state index in [9.17, 15) is 0 Å². The number of hydrogen-bond acceptors (Lipinski definition) is 3. The van der Waals surface area contributed by atoms with Gasteiger partial charge in [0.05, 0.1) is 0 Å². The summed E-state index contributed by atoms with van der Waals surface area (Å²) in [7, 11) is 0. The Morgan fingerprint density at radius 3 is 2.95 bits per heavy atom. The highest BCUT2D eigenvalue weighted by Crippen LogP contribution is 2.23. The number of nitrogens with zero attached hydrogens (tertiary/aromatic N) is 2. The molecule has 2 aliphatic heterocycles. The summed E-state index contributed by atoms with van der Waals surface area (Å²) < 4.78 is 0. The van der Waals surface area contributed by atoms with Crippen LogP contribution in [-0.2, 0) is 6.54 Å². The Morgan fingerprint density at radius 1 is 1.35 bits per heavy atom. The molecule has 1 aromatic rings. The van der Waals surface area contributed by atoms with Crippen molar-refractivity contribution >= 4 is 17.2 Å². The molecule has 0 spiro atoms. The normalized spacial score (nSPS) is 23.8. The molecule has 20 heavy (non-hydrogen) atoms. The van der Waals surface area contributed by atoms with Gasteiger partial charge in [-0.05, 0) is 43.5 Å². The molecule has 108 valence electrons. The summed E-state index contributed by atoms with van der Waals surface area (Å²) in [5, 5.41) is 0. The summed E-state index contributed by atoms with van der Waals surface area (Å²) in [4.78, 5) is 5.73. The molecule has 1 unspecified atom stereocenters. The fourth-order valence-corrected chi connectivity index (χ4v) is 3.59. The second-order valence-corrected chi connectivity index (χ2v) is 6.51. The lowest BCUT2D eigenvalue weighted by Gasteiger charge is -2.37.